The number of hydrogen-bond donors (Lipinski definition) is 0. The smallest absolute Gasteiger partial charge is 0.286 e. The molecule has 1 amide bonds. The van der Waals surface area contributed by atoms with Gasteiger partial charge in [0.05, 0.1) is 5.43 Å². The molecular weight excluding hydrogens is 2790 g/mol. The van der Waals surface area contributed by atoms with E-state index in [2.05, 4.69) is 129 Å². The van der Waals surface area contributed by atoms with Crippen LogP contribution in [-0.4, -0.2) is 112 Å². The number of pyridine rings is 6. The number of amides is 1. The minimum Gasteiger partial charge on any atom is -0.468 e. The predicted molar refractivity (Wildman–Crippen MR) is 347 cm³/mol. The van der Waals surface area contributed by atoms with E-state index in [0.29, 0.717) is 45.1 Å². The average Bonchev–Trinajstić information content (AvgIpc) is 1.62. The molecule has 15 aromatic rings. The number of rotatable bonds is 0. The van der Waals surface area contributed by atoms with Gasteiger partial charge < -0.3 is 72.0 Å². The molecule has 0 saturated heterocycles. The Hall–Kier alpha value is 0.713. The maximum atomic E-state index is 11.5. The number of anilines is 1. The summed E-state index contributed by atoms with van der Waals surface area (Å²) in [6.45, 7) is 15.0. The Morgan fingerprint density at radius 2 is 0.895 bits per heavy atom. The van der Waals surface area contributed by atoms with E-state index in [9.17, 15) is 19.2 Å². The van der Waals surface area contributed by atoms with E-state index in [4.69, 9.17) is 4.11 Å². The van der Waals surface area contributed by atoms with Crippen LogP contribution in [0.1, 0.15) is 59.8 Å². The van der Waals surface area contributed by atoms with E-state index in [-0.39, 0.29) is 390 Å². The summed E-state index contributed by atoms with van der Waals surface area (Å²) in [7, 11) is 14.3. The second-order valence-corrected chi connectivity index (χ2v) is 21.0. The number of carbonyl (C=O) groups excluding carboxylic acids is 2. The number of hydrogen-bond acceptors (Lipinski definition) is 16. The van der Waals surface area contributed by atoms with Crippen LogP contribution in [0.4, 0.5) is 5.69 Å². The molecule has 0 spiro atoms. The van der Waals surface area contributed by atoms with Gasteiger partial charge in [0.1, 0.15) is 0 Å². The molecule has 0 saturated carbocycles. The maximum Gasteiger partial charge on any atom is 0.286 e. The van der Waals surface area contributed by atoms with Crippen molar-refractivity contribution >= 4 is 94.0 Å². The van der Waals surface area contributed by atoms with Gasteiger partial charge in [-0.05, 0) is 51.5 Å². The molecule has 0 atom stereocenters. The van der Waals surface area contributed by atoms with Gasteiger partial charge in [0.2, 0.25) is 5.78 Å². The summed E-state index contributed by atoms with van der Waals surface area (Å²) in [5.41, 5.74) is 15.6. The standard InChI is InChI=1S/C9H7N2O2.2C9H8N2O.2C9H8N2.C8H7N3.C8H8N3.C7H7N4.5W.8Y/c1-5-7-6(3-4-10-5)11(2)9(13)8(7)12;1-6-7-5-9(12)11(2)8(7)3-4-10-6;1-6-9-7(3-4-10-6)11(2)5-8(9)12;1-7-8-4-6-11(2)9(8)3-5-10-7;1-7-4-3-5-9-8(7)6-10-11(9)2;1-6-7-5-10-11(2)8(7)3-4-9-6;1-6-4-3-5-7-8(6)9-10-11(7)2;1-5-7-6(3-4-8-5)11(2)10-9-7;;;;;;;;;;;;;/h3H,1-2H3;2*3,5H,1-2H3;3-4H,1-2H3;4-5H,1-2H3;3H,1-2H3;4-5H,1-2H3;3H,1-2H3;;;;;;;;;;;;;/q-1;5*-2;2*-1;;;;;;;;;;;;;/i;2*5T;4T;;;;;;;;;;;;;;;;;. The van der Waals surface area contributed by atoms with Crippen LogP contribution < -0.4 is 15.9 Å². The number of aromatic nitrogens is 19. The second-order valence-electron chi connectivity index (χ2n) is 21.0. The molecule has 0 bridgehead atoms. The third kappa shape index (κ3) is 28.3. The summed E-state index contributed by atoms with van der Waals surface area (Å²) in [5, 5.41) is 27.8. The molecule has 1 aliphatic rings. The first kappa shape index (κ1) is 108. The summed E-state index contributed by atoms with van der Waals surface area (Å²) in [4.78, 5) is 70.5. The van der Waals surface area contributed by atoms with Crippen molar-refractivity contribution in [2.75, 3.05) is 11.9 Å². The summed E-state index contributed by atoms with van der Waals surface area (Å²) < 4.78 is 34.4. The van der Waals surface area contributed by atoms with E-state index in [1.54, 1.807) is 100 Å². The fraction of sp³-hybridized carbons (Fsp3) is 0.235. The summed E-state index contributed by atoms with van der Waals surface area (Å²) in [6, 6.07) is 24.4. The number of ketones is 1. The molecule has 524 valence electrons. The molecule has 13 aromatic heterocycles. The fourth-order valence-corrected chi connectivity index (χ4v) is 9.48. The van der Waals surface area contributed by atoms with Crippen molar-refractivity contribution in [2.24, 2.45) is 49.3 Å². The molecule has 1 aliphatic heterocycles. The van der Waals surface area contributed by atoms with Crippen LogP contribution >= 0.6 is 0 Å². The first-order chi connectivity index (χ1) is 45.2. The third-order valence-electron chi connectivity index (χ3n) is 14.7. The van der Waals surface area contributed by atoms with Gasteiger partial charge in [-0.3, -0.25) is 24.6 Å². The number of likely N-dealkylation sites (N-methyl/N-ethyl adjacent to an activating group) is 1. The van der Waals surface area contributed by atoms with E-state index >= 15 is 0 Å². The largest absolute Gasteiger partial charge is 0.468 e. The third-order valence-corrected chi connectivity index (χ3v) is 14.7. The van der Waals surface area contributed by atoms with Gasteiger partial charge in [-0.25, -0.2) is 0 Å². The van der Waals surface area contributed by atoms with Crippen molar-refractivity contribution in [3.8, 4) is 0 Å². The van der Waals surface area contributed by atoms with Crippen LogP contribution in [0.25, 0.3) is 76.6 Å². The van der Waals surface area contributed by atoms with Crippen LogP contribution in [0.3, 0.4) is 0 Å². The van der Waals surface area contributed by atoms with E-state index in [0.717, 1.165) is 88.5 Å². The molecule has 0 fully saturated rings. The molecule has 0 N–H and O–H groups in total. The van der Waals surface area contributed by atoms with Crippen molar-refractivity contribution in [3.05, 3.63) is 218 Å². The van der Waals surface area contributed by atoms with Crippen LogP contribution in [0.5, 0.6) is 0 Å². The van der Waals surface area contributed by atoms with Gasteiger partial charge in [0.15, 0.2) is 5.56 Å². The average molecular weight is 2860 g/mol. The number of Topliss-reactive ketones (excluding diaryl/α,β-unsaturated/α-hetero) is 1. The molecule has 14 heterocycles. The number of fused-ring (bicyclic) bond motifs is 8. The van der Waals surface area contributed by atoms with E-state index < -0.39 is 11.7 Å². The molecule has 16 rings (SSSR count). The SMILES string of the molecule is Cc1c[c-]cc2c1[c-]nn2C.Cc1c[c-]cc2c1nnn2C.Cc1n[c-]cc2c1C(=O)C(=O)N2C.Cc1n[c-]cc2c1[c-]nn2C.Cc1n[c-]cc2c1nnn2C.[3H][c-]1c(=O)c2c(C)n[c-]cc2n1C.[3H][c-]1c(=O)n(C)c2c[c-]nc(C)c21.[3H]c1[c-]n(C)c2c[c-]nc(C)c12.[W].[W].[W].[W].[W].[Y].[Y].[Y].[Y].[Y].[Y].[Y].[Y]. The molecule has 8 radical (unpaired) electrons. The van der Waals surface area contributed by atoms with Crippen molar-refractivity contribution in [1.29, 1.82) is 0 Å². The van der Waals surface area contributed by atoms with Gasteiger partial charge in [0.25, 0.3) is 5.91 Å². The van der Waals surface area contributed by atoms with Gasteiger partial charge in [-0.1, -0.05) is 155 Å². The molecule has 37 heteroatoms. The van der Waals surface area contributed by atoms with Crippen molar-refractivity contribution < 1.29 is 381 Å². The Balaban J connectivity index is -0.000000368. The molecule has 0 unspecified atom stereocenters. The Labute approximate surface area is 886 Å². The molecule has 24 nitrogen and oxygen atoms in total. The van der Waals surface area contributed by atoms with E-state index in [1.807, 2.05) is 100 Å². The predicted octanol–water partition coefficient (Wildman–Crippen LogP) is 7.23. The Kier molecular flexibility index (Phi) is 55.2. The summed E-state index contributed by atoms with van der Waals surface area (Å²) in [6.07, 6.45) is 25.1. The van der Waals surface area contributed by atoms with Crippen LogP contribution in [0.2, 0.25) is 0 Å². The summed E-state index contributed by atoms with van der Waals surface area (Å²) in [5.74, 6) is -0.976. The first-order valence-electron chi connectivity index (χ1n) is 29.6. The molecular formula is C68H61N20O4W5Y8-13. The minimum atomic E-state index is -0.500. The number of carbonyl (C=O) groups is 2. The topological polar surface area (TPSA) is 261 Å². The van der Waals surface area contributed by atoms with Crippen LogP contribution in [-0.2, 0) is 421 Å². The monoisotopic (exact) mass is 2860 g/mol. The number of nitrogens with zero attached hydrogens (tertiary/aromatic N) is 20. The van der Waals surface area contributed by atoms with Gasteiger partial charge in [0, 0.05) is 422 Å². The van der Waals surface area contributed by atoms with Gasteiger partial charge in [-0.15, -0.1) is 92.1 Å². The Morgan fingerprint density at radius 3 is 1.42 bits per heavy atom. The Bertz CT molecular complexity index is 5220. The summed E-state index contributed by atoms with van der Waals surface area (Å²) >= 11 is 0. The Morgan fingerprint density at radius 1 is 0.448 bits per heavy atom. The zero-order chi connectivity index (χ0) is 68.9. The van der Waals surface area contributed by atoms with Crippen molar-refractivity contribution in [1.82, 2.24) is 93.2 Å². The molecule has 0 aliphatic carbocycles. The van der Waals surface area contributed by atoms with Gasteiger partial charge in [-0.2, -0.15) is 63.6 Å². The quantitative estimate of drug-likeness (QED) is 0.107. The zero-order valence-electron chi connectivity index (χ0n) is 63.0. The molecule has 2 aromatic carbocycles. The zero-order valence-corrected chi connectivity index (χ0v) is 97.4. The minimum absolute atomic E-state index is 0. The van der Waals surface area contributed by atoms with Crippen molar-refractivity contribution in [2.45, 2.75) is 55.4 Å². The number of benzene rings is 2. The van der Waals surface area contributed by atoms with E-state index in [1.165, 1.54) is 15.0 Å². The fourth-order valence-electron chi connectivity index (χ4n) is 9.48. The maximum absolute atomic E-state index is 11.5. The first-order valence-corrected chi connectivity index (χ1v) is 28.1. The molecule has 105 heavy (non-hydrogen) atoms. The van der Waals surface area contributed by atoms with Crippen LogP contribution in [0, 0.1) is 123 Å². The normalized spacial score (nSPS) is 10.4. The van der Waals surface area contributed by atoms with Gasteiger partial charge >= 0.3 is 0 Å². The van der Waals surface area contributed by atoms with Crippen LogP contribution in [0.15, 0.2) is 88.5 Å². The van der Waals surface area contributed by atoms with Crippen molar-refractivity contribution in [3.63, 3.8) is 0 Å². The second kappa shape index (κ2) is 53.8. The number of aryl methyl sites for hydroxylation is 15.